The van der Waals surface area contributed by atoms with Crippen molar-refractivity contribution >= 4 is 12.0 Å². The maximum absolute atomic E-state index is 14.6. The molecule has 7 nitrogen and oxygen atoms in total. The molecule has 2 aliphatic heterocycles. The number of aliphatic hydroxyl groups is 1. The van der Waals surface area contributed by atoms with Crippen LogP contribution in [0.5, 0.6) is 0 Å². The van der Waals surface area contributed by atoms with Gasteiger partial charge in [0, 0.05) is 24.1 Å². The fourth-order valence-electron chi connectivity index (χ4n) is 5.27. The molecule has 9 heteroatoms. The highest BCUT2D eigenvalue weighted by Crippen LogP contribution is 2.46. The number of alkyl carbamates (subject to hydrolysis) is 1. The zero-order valence-corrected chi connectivity index (χ0v) is 17.0. The highest BCUT2D eigenvalue weighted by Gasteiger charge is 2.47. The predicted octanol–water partition coefficient (Wildman–Crippen LogP) is 2.63. The Morgan fingerprint density at radius 3 is 2.81 bits per heavy atom. The molecule has 0 radical (unpaired) electrons. The number of carbonyl (C=O) groups excluding carboxylic acids is 1. The van der Waals surface area contributed by atoms with Crippen molar-refractivity contribution in [2.45, 2.75) is 56.2 Å². The second-order valence-electron chi connectivity index (χ2n) is 9.02. The summed E-state index contributed by atoms with van der Waals surface area (Å²) in [7, 11) is 0. The SMILES string of the molecule is C[C@H]1[C@H](O)CN1c1nc(-c2ccc3c(c2)CCC32COC(=O)N2)c2c(n1)C(F)(F)CC2. The number of aliphatic hydroxyl groups excluding tert-OH is 1. The van der Waals surface area contributed by atoms with Gasteiger partial charge in [-0.1, -0.05) is 12.1 Å². The minimum Gasteiger partial charge on any atom is -0.447 e. The van der Waals surface area contributed by atoms with Crippen LogP contribution in [0.2, 0.25) is 0 Å². The number of aromatic nitrogens is 2. The number of benzene rings is 1. The van der Waals surface area contributed by atoms with Gasteiger partial charge in [-0.15, -0.1) is 0 Å². The molecule has 4 aliphatic rings. The monoisotopic (exact) mass is 428 g/mol. The number of rotatable bonds is 2. The van der Waals surface area contributed by atoms with Crippen LogP contribution in [-0.2, 0) is 29.0 Å². The van der Waals surface area contributed by atoms with Crippen LogP contribution < -0.4 is 10.2 Å². The number of β-amino-alcohol motifs (C(OH)–C–C–N with tert-alkyl or cyclic N) is 1. The molecule has 2 N–H and O–H groups in total. The molecule has 2 aromatic rings. The van der Waals surface area contributed by atoms with E-state index >= 15 is 0 Å². The molecule has 162 valence electrons. The topological polar surface area (TPSA) is 87.6 Å². The van der Waals surface area contributed by atoms with E-state index in [-0.39, 0.29) is 30.5 Å². The summed E-state index contributed by atoms with van der Waals surface area (Å²) in [6.07, 6.45) is 0.526. The van der Waals surface area contributed by atoms with Crippen molar-refractivity contribution in [1.29, 1.82) is 0 Å². The van der Waals surface area contributed by atoms with Crippen LogP contribution in [0.4, 0.5) is 19.5 Å². The summed E-state index contributed by atoms with van der Waals surface area (Å²) in [5.74, 6) is -2.75. The van der Waals surface area contributed by atoms with E-state index in [4.69, 9.17) is 4.74 Å². The van der Waals surface area contributed by atoms with E-state index in [0.29, 0.717) is 24.4 Å². The summed E-state index contributed by atoms with van der Waals surface area (Å²) in [5, 5.41) is 12.8. The first-order valence-corrected chi connectivity index (χ1v) is 10.6. The fraction of sp³-hybridized carbons (Fsp3) is 0.500. The average Bonchev–Trinajstić information content (AvgIpc) is 3.41. The third kappa shape index (κ3) is 2.62. The van der Waals surface area contributed by atoms with Crippen molar-refractivity contribution in [2.24, 2.45) is 0 Å². The third-order valence-electron chi connectivity index (χ3n) is 7.23. The lowest BCUT2D eigenvalue weighted by molar-refractivity contribution is -0.00603. The molecule has 1 spiro atoms. The lowest BCUT2D eigenvalue weighted by Crippen LogP contribution is -2.59. The molecule has 2 aliphatic carbocycles. The average molecular weight is 428 g/mol. The smallest absolute Gasteiger partial charge is 0.408 e. The molecular weight excluding hydrogens is 406 g/mol. The van der Waals surface area contributed by atoms with Crippen molar-refractivity contribution in [3.8, 4) is 11.3 Å². The van der Waals surface area contributed by atoms with Gasteiger partial charge >= 0.3 is 6.09 Å². The molecule has 0 bridgehead atoms. The van der Waals surface area contributed by atoms with Gasteiger partial charge in [-0.25, -0.2) is 14.8 Å². The molecular formula is C22H22F2N4O3. The first-order valence-electron chi connectivity index (χ1n) is 10.6. The largest absolute Gasteiger partial charge is 0.447 e. The second-order valence-corrected chi connectivity index (χ2v) is 9.02. The minimum absolute atomic E-state index is 0.200. The number of anilines is 1. The van der Waals surface area contributed by atoms with E-state index in [1.165, 1.54) is 0 Å². The molecule has 3 heterocycles. The van der Waals surface area contributed by atoms with Crippen molar-refractivity contribution in [2.75, 3.05) is 18.1 Å². The number of carbonyl (C=O) groups is 1. The predicted molar refractivity (Wildman–Crippen MR) is 107 cm³/mol. The van der Waals surface area contributed by atoms with Gasteiger partial charge in [0.25, 0.3) is 5.92 Å². The van der Waals surface area contributed by atoms with Gasteiger partial charge in [-0.3, -0.25) is 0 Å². The first kappa shape index (κ1) is 18.9. The number of ether oxygens (including phenoxy) is 1. The van der Waals surface area contributed by atoms with Crippen LogP contribution in [0.3, 0.4) is 0 Å². The number of amides is 1. The van der Waals surface area contributed by atoms with E-state index in [9.17, 15) is 18.7 Å². The molecule has 1 aromatic heterocycles. The summed E-state index contributed by atoms with van der Waals surface area (Å²) in [4.78, 5) is 22.3. The lowest BCUT2D eigenvalue weighted by Gasteiger charge is -2.43. The first-order chi connectivity index (χ1) is 14.8. The number of halogens is 2. The van der Waals surface area contributed by atoms with Crippen molar-refractivity contribution in [3.63, 3.8) is 0 Å². The summed E-state index contributed by atoms with van der Waals surface area (Å²) in [6.45, 7) is 2.46. The Labute approximate surface area is 177 Å². The normalized spacial score (nSPS) is 30.1. The van der Waals surface area contributed by atoms with E-state index in [2.05, 4.69) is 15.3 Å². The zero-order valence-electron chi connectivity index (χ0n) is 17.0. The summed E-state index contributed by atoms with van der Waals surface area (Å²) in [6, 6.07) is 5.61. The molecule has 0 saturated carbocycles. The molecule has 1 unspecified atom stereocenters. The highest BCUT2D eigenvalue weighted by atomic mass is 19.3. The number of cyclic esters (lactones) is 1. The van der Waals surface area contributed by atoms with Gasteiger partial charge in [-0.2, -0.15) is 8.78 Å². The third-order valence-corrected chi connectivity index (χ3v) is 7.23. The van der Waals surface area contributed by atoms with E-state index in [0.717, 1.165) is 29.5 Å². The Morgan fingerprint density at radius 1 is 1.26 bits per heavy atom. The minimum atomic E-state index is -2.99. The number of nitrogens with one attached hydrogen (secondary N) is 1. The Hall–Kier alpha value is -2.81. The van der Waals surface area contributed by atoms with Gasteiger partial charge in [0.15, 0.2) is 0 Å². The van der Waals surface area contributed by atoms with Crippen LogP contribution in [0.15, 0.2) is 18.2 Å². The van der Waals surface area contributed by atoms with Gasteiger partial charge < -0.3 is 20.1 Å². The van der Waals surface area contributed by atoms with E-state index in [1.54, 1.807) is 4.90 Å². The quantitative estimate of drug-likeness (QED) is 0.765. The molecule has 3 atom stereocenters. The van der Waals surface area contributed by atoms with Crippen LogP contribution in [0.1, 0.15) is 42.1 Å². The van der Waals surface area contributed by atoms with Crippen LogP contribution >= 0.6 is 0 Å². The van der Waals surface area contributed by atoms with Gasteiger partial charge in [0.1, 0.15) is 17.8 Å². The molecule has 2 fully saturated rings. The number of alkyl halides is 2. The maximum Gasteiger partial charge on any atom is 0.408 e. The number of nitrogens with zero attached hydrogens (tertiary/aromatic N) is 3. The van der Waals surface area contributed by atoms with Crippen LogP contribution in [0.25, 0.3) is 11.3 Å². The van der Waals surface area contributed by atoms with Gasteiger partial charge in [-0.05, 0) is 43.4 Å². The maximum atomic E-state index is 14.6. The highest BCUT2D eigenvalue weighted by molar-refractivity contribution is 5.73. The van der Waals surface area contributed by atoms with Crippen molar-refractivity contribution in [1.82, 2.24) is 15.3 Å². The van der Waals surface area contributed by atoms with Gasteiger partial charge in [0.2, 0.25) is 5.95 Å². The standard InChI is InChI=1S/C22H22F2N4O3/c1-11-16(29)9-28(11)19-25-17(14-5-7-22(23,24)18(14)26-19)13-2-3-15-12(8-13)4-6-21(15)10-31-20(30)27-21/h2-3,8,11,16,29H,4-7,9-10H2,1H3,(H,27,30)/t11-,16+,21?/m0/s1. The number of hydrogen-bond donors (Lipinski definition) is 2. The fourth-order valence-corrected chi connectivity index (χ4v) is 5.27. The van der Waals surface area contributed by atoms with E-state index in [1.807, 2.05) is 25.1 Å². The zero-order chi connectivity index (χ0) is 21.5. The number of aryl methyl sites for hydroxylation is 1. The van der Waals surface area contributed by atoms with E-state index < -0.39 is 23.7 Å². The molecule has 6 rings (SSSR count). The summed E-state index contributed by atoms with van der Waals surface area (Å²) < 4.78 is 34.4. The molecule has 1 amide bonds. The Kier molecular flexibility index (Phi) is 3.74. The Morgan fingerprint density at radius 2 is 2.10 bits per heavy atom. The molecule has 31 heavy (non-hydrogen) atoms. The number of hydrogen-bond acceptors (Lipinski definition) is 6. The molecule has 2 saturated heterocycles. The Balaban J connectivity index is 1.45. The Bertz CT molecular complexity index is 1120. The number of fused-ring (bicyclic) bond motifs is 3. The summed E-state index contributed by atoms with van der Waals surface area (Å²) >= 11 is 0. The molecule has 1 aromatic carbocycles. The van der Waals surface area contributed by atoms with Crippen LogP contribution in [0, 0.1) is 0 Å². The van der Waals surface area contributed by atoms with Crippen molar-refractivity contribution in [3.05, 3.63) is 40.6 Å². The van der Waals surface area contributed by atoms with Gasteiger partial charge in [0.05, 0.1) is 17.8 Å². The van der Waals surface area contributed by atoms with Crippen LogP contribution in [-0.4, -0.2) is 46.5 Å². The van der Waals surface area contributed by atoms with Crippen molar-refractivity contribution < 1.29 is 23.4 Å². The summed E-state index contributed by atoms with van der Waals surface area (Å²) in [5.41, 5.74) is 3.17. The second kappa shape index (κ2) is 6.12. The lowest BCUT2D eigenvalue weighted by atomic mass is 9.92.